The van der Waals surface area contributed by atoms with E-state index in [0.717, 1.165) is 64.0 Å². The molecule has 10 nitrogen and oxygen atoms in total. The molecule has 0 bridgehead atoms. The molecule has 6 N–H and O–H groups in total. The van der Waals surface area contributed by atoms with Crippen molar-refractivity contribution in [1.29, 1.82) is 0 Å². The van der Waals surface area contributed by atoms with E-state index in [9.17, 15) is 24.6 Å². The Morgan fingerprint density at radius 3 is 2.12 bits per heavy atom. The number of carboxylic acids is 1. The number of nitrogens with two attached hydrogens (primary N) is 1. The molecule has 3 atom stereocenters. The molecule has 1 aliphatic rings. The van der Waals surface area contributed by atoms with Crippen LogP contribution in [0.15, 0.2) is 126 Å². The third kappa shape index (κ3) is 12.3. The fourth-order valence-corrected chi connectivity index (χ4v) is 7.56. The molecule has 0 aliphatic carbocycles. The van der Waals surface area contributed by atoms with Crippen molar-refractivity contribution in [1.82, 2.24) is 5.32 Å². The van der Waals surface area contributed by atoms with Gasteiger partial charge in [-0.05, 0) is 83.1 Å². The van der Waals surface area contributed by atoms with Gasteiger partial charge in [-0.1, -0.05) is 91.7 Å². The van der Waals surface area contributed by atoms with Gasteiger partial charge >= 0.3 is 5.97 Å². The van der Waals surface area contributed by atoms with Crippen LogP contribution in [0, 0.1) is 0 Å². The fraction of sp³-hybridized carbons (Fsp3) is 0.283. The standard InChI is InChI=1S/C46H49N3O7S/c47-40-10-5-6-11-41(40)49-44(52)13-4-2-1-3-12-43(51)48-28-32-8-7-9-37(26-32)33-18-20-36(21-19-33)46-55-38(30-57-39-24-22-35(23-25-39)45(53)54)27-42(56-46)34-16-14-31(29-50)15-17-34/h5-11,14-26,38,42,46,50H,1-4,12-13,27-30,47H2,(H,48,51)(H,49,52)(H,53,54)/t38-,42+,46+/m0/s1. The zero-order chi connectivity index (χ0) is 40.0. The largest absolute Gasteiger partial charge is 0.478 e. The first-order valence-corrected chi connectivity index (χ1v) is 20.3. The molecule has 11 heteroatoms. The molecule has 6 rings (SSSR count). The van der Waals surface area contributed by atoms with Gasteiger partial charge in [0.25, 0.3) is 0 Å². The first kappa shape index (κ1) is 41.2. The number of aliphatic hydroxyl groups is 1. The second-order valence-electron chi connectivity index (χ2n) is 14.1. The van der Waals surface area contributed by atoms with Gasteiger partial charge in [0, 0.05) is 42.0 Å². The number of hydrogen-bond acceptors (Lipinski definition) is 8. The van der Waals surface area contributed by atoms with Crippen molar-refractivity contribution in [2.75, 3.05) is 16.8 Å². The van der Waals surface area contributed by atoms with Crippen LogP contribution in [0.3, 0.4) is 0 Å². The van der Waals surface area contributed by atoms with E-state index in [1.165, 1.54) is 0 Å². The second kappa shape index (κ2) is 20.6. The Bertz CT molecular complexity index is 2090. The van der Waals surface area contributed by atoms with Gasteiger partial charge in [0.05, 0.1) is 35.8 Å². The molecule has 1 aliphatic heterocycles. The van der Waals surface area contributed by atoms with Gasteiger partial charge in [-0.2, -0.15) is 0 Å². The van der Waals surface area contributed by atoms with Crippen molar-refractivity contribution in [3.63, 3.8) is 0 Å². The van der Waals surface area contributed by atoms with E-state index < -0.39 is 12.3 Å². The molecule has 0 spiro atoms. The lowest BCUT2D eigenvalue weighted by atomic mass is 9.99. The number of carbonyl (C=O) groups is 3. The number of aliphatic hydroxyl groups excluding tert-OH is 1. The third-order valence-corrected chi connectivity index (χ3v) is 11.0. The highest BCUT2D eigenvalue weighted by Crippen LogP contribution is 2.40. The summed E-state index contributed by atoms with van der Waals surface area (Å²) in [6, 6.07) is 38.1. The SMILES string of the molecule is Nc1ccccc1NC(=O)CCCCCCC(=O)NCc1cccc(-c2ccc([C@@H]3O[C@H](CSc4ccc(C(=O)O)cc4)C[C@H](c4ccc(CO)cc4)O3)cc2)c1. The Balaban J connectivity index is 0.988. The van der Waals surface area contributed by atoms with E-state index in [-0.39, 0.29) is 36.2 Å². The zero-order valence-corrected chi connectivity index (χ0v) is 32.6. The first-order chi connectivity index (χ1) is 27.7. The maximum Gasteiger partial charge on any atom is 0.335 e. The normalized spacial score (nSPS) is 16.5. The monoisotopic (exact) mass is 787 g/mol. The van der Waals surface area contributed by atoms with Crippen molar-refractivity contribution < 1.29 is 34.1 Å². The number of ether oxygens (including phenoxy) is 2. The van der Waals surface area contributed by atoms with Crippen LogP contribution in [-0.4, -0.2) is 39.9 Å². The molecule has 0 radical (unpaired) electrons. The summed E-state index contributed by atoms with van der Waals surface area (Å²) in [7, 11) is 0. The van der Waals surface area contributed by atoms with E-state index >= 15 is 0 Å². The summed E-state index contributed by atoms with van der Waals surface area (Å²) in [5.74, 6) is -0.349. The van der Waals surface area contributed by atoms with E-state index in [4.69, 9.17) is 15.2 Å². The van der Waals surface area contributed by atoms with Crippen molar-refractivity contribution >= 4 is 40.9 Å². The lowest BCUT2D eigenvalue weighted by molar-refractivity contribution is -0.245. The number of carbonyl (C=O) groups excluding carboxylic acids is 2. The Hall–Kier alpha value is -5.46. The van der Waals surface area contributed by atoms with Gasteiger partial charge in [-0.3, -0.25) is 9.59 Å². The van der Waals surface area contributed by atoms with Crippen LogP contribution >= 0.6 is 11.8 Å². The third-order valence-electron chi connectivity index (χ3n) is 9.88. The lowest BCUT2D eigenvalue weighted by Gasteiger charge is -2.36. The number of unbranched alkanes of at least 4 members (excludes halogenated alkanes) is 3. The number of carboxylic acid groups (broad SMARTS) is 1. The van der Waals surface area contributed by atoms with E-state index in [1.54, 1.807) is 36.0 Å². The summed E-state index contributed by atoms with van der Waals surface area (Å²) in [6.45, 7) is 0.403. The lowest BCUT2D eigenvalue weighted by Crippen LogP contribution is -2.31. The highest BCUT2D eigenvalue weighted by Gasteiger charge is 2.32. The van der Waals surface area contributed by atoms with Crippen LogP contribution in [0.2, 0.25) is 0 Å². The Morgan fingerprint density at radius 2 is 1.42 bits per heavy atom. The number of aromatic carboxylic acids is 1. The summed E-state index contributed by atoms with van der Waals surface area (Å²) in [4.78, 5) is 37.1. The Morgan fingerprint density at radius 1 is 0.719 bits per heavy atom. The number of thioether (sulfide) groups is 1. The minimum atomic E-state index is -0.953. The quantitative estimate of drug-likeness (QED) is 0.0332. The number of benzene rings is 5. The molecule has 0 aromatic heterocycles. The molecular weight excluding hydrogens is 739 g/mol. The second-order valence-corrected chi connectivity index (χ2v) is 15.2. The highest BCUT2D eigenvalue weighted by atomic mass is 32.2. The average molecular weight is 788 g/mol. The molecule has 5 aromatic rings. The topological polar surface area (TPSA) is 160 Å². The number of rotatable bonds is 18. The first-order valence-electron chi connectivity index (χ1n) is 19.3. The number of amides is 2. The van der Waals surface area contributed by atoms with Gasteiger partial charge < -0.3 is 36.1 Å². The van der Waals surface area contributed by atoms with Crippen molar-refractivity contribution in [2.24, 2.45) is 0 Å². The number of nitrogens with one attached hydrogen (secondary N) is 2. The summed E-state index contributed by atoms with van der Waals surface area (Å²) < 4.78 is 13.1. The number of nitrogen functional groups attached to an aromatic ring is 1. The minimum Gasteiger partial charge on any atom is -0.478 e. The van der Waals surface area contributed by atoms with Crippen LogP contribution in [0.5, 0.6) is 0 Å². The van der Waals surface area contributed by atoms with Crippen molar-refractivity contribution in [3.8, 4) is 11.1 Å². The maximum atomic E-state index is 12.6. The predicted molar refractivity (Wildman–Crippen MR) is 223 cm³/mol. The van der Waals surface area contributed by atoms with E-state index in [2.05, 4.69) is 16.7 Å². The Kier molecular flexibility index (Phi) is 14.9. The minimum absolute atomic E-state index is 0.00461. The summed E-state index contributed by atoms with van der Waals surface area (Å²) in [5, 5.41) is 24.7. The van der Waals surface area contributed by atoms with Crippen LogP contribution in [0.1, 0.15) is 90.0 Å². The van der Waals surface area contributed by atoms with Crippen LogP contribution < -0.4 is 16.4 Å². The zero-order valence-electron chi connectivity index (χ0n) is 31.8. The van der Waals surface area contributed by atoms with Gasteiger partial charge in [-0.15, -0.1) is 11.8 Å². The molecule has 296 valence electrons. The number of anilines is 2. The molecule has 1 fully saturated rings. The van der Waals surface area contributed by atoms with Crippen LogP contribution in [-0.2, 0) is 32.2 Å². The molecular formula is C46H49N3O7S. The molecule has 1 saturated heterocycles. The molecule has 5 aromatic carbocycles. The van der Waals surface area contributed by atoms with E-state index in [1.807, 2.05) is 91.0 Å². The van der Waals surface area contributed by atoms with Gasteiger partial charge in [0.15, 0.2) is 6.29 Å². The smallest absolute Gasteiger partial charge is 0.335 e. The van der Waals surface area contributed by atoms with Gasteiger partial charge in [-0.25, -0.2) is 4.79 Å². The predicted octanol–water partition coefficient (Wildman–Crippen LogP) is 9.06. The van der Waals surface area contributed by atoms with E-state index in [0.29, 0.717) is 42.9 Å². The van der Waals surface area contributed by atoms with Crippen molar-refractivity contribution in [3.05, 3.63) is 149 Å². The molecule has 1 heterocycles. The van der Waals surface area contributed by atoms with Crippen LogP contribution in [0.4, 0.5) is 11.4 Å². The molecule has 0 saturated carbocycles. The fourth-order valence-electron chi connectivity index (χ4n) is 6.64. The van der Waals surface area contributed by atoms with Gasteiger partial charge in [0.2, 0.25) is 11.8 Å². The number of hydrogen-bond donors (Lipinski definition) is 5. The van der Waals surface area contributed by atoms with Crippen LogP contribution in [0.25, 0.3) is 11.1 Å². The number of para-hydroxylation sites is 2. The molecule has 57 heavy (non-hydrogen) atoms. The maximum absolute atomic E-state index is 12.6. The Labute approximate surface area is 337 Å². The van der Waals surface area contributed by atoms with Crippen molar-refractivity contribution in [2.45, 2.75) is 81.5 Å². The molecule has 2 amide bonds. The average Bonchev–Trinajstić information content (AvgIpc) is 3.24. The summed E-state index contributed by atoms with van der Waals surface area (Å²) >= 11 is 1.61. The summed E-state index contributed by atoms with van der Waals surface area (Å²) in [6.07, 6.45) is 3.80. The highest BCUT2D eigenvalue weighted by molar-refractivity contribution is 7.99. The molecule has 0 unspecified atom stereocenters. The van der Waals surface area contributed by atoms with Gasteiger partial charge in [0.1, 0.15) is 0 Å². The summed E-state index contributed by atoms with van der Waals surface area (Å²) in [5.41, 5.74) is 13.1.